The van der Waals surface area contributed by atoms with Crippen molar-refractivity contribution >= 4 is 16.6 Å². The molecule has 0 aliphatic rings. The first-order chi connectivity index (χ1) is 15.0. The van der Waals surface area contributed by atoms with Crippen molar-refractivity contribution in [1.29, 1.82) is 0 Å². The number of ketones is 1. The number of aromatic hydroxyl groups is 1. The lowest BCUT2D eigenvalue weighted by Crippen LogP contribution is -2.27. The van der Waals surface area contributed by atoms with Crippen molar-refractivity contribution in [3.63, 3.8) is 0 Å². The molecule has 0 saturated carbocycles. The van der Waals surface area contributed by atoms with E-state index in [2.05, 4.69) is 30.9 Å². The lowest BCUT2D eigenvalue weighted by molar-refractivity contribution is -0.118. The highest BCUT2D eigenvalue weighted by Gasteiger charge is 2.12. The number of benzene rings is 3. The first kappa shape index (κ1) is 22.6. The number of phenols is 1. The molecular formula is C26H31NO4. The summed E-state index contributed by atoms with van der Waals surface area (Å²) < 4.78 is 11.7. The Hall–Kier alpha value is -3.05. The molecule has 0 amide bonds. The third-order valence-corrected chi connectivity index (χ3v) is 5.38. The van der Waals surface area contributed by atoms with E-state index in [-0.39, 0.29) is 18.1 Å². The highest BCUT2D eigenvalue weighted by Crippen LogP contribution is 2.32. The average molecular weight is 422 g/mol. The molecule has 3 aromatic carbocycles. The van der Waals surface area contributed by atoms with Crippen LogP contribution >= 0.6 is 0 Å². The number of rotatable bonds is 11. The number of nitrogens with zero attached hydrogens (tertiary/aromatic N) is 1. The van der Waals surface area contributed by atoms with E-state index in [9.17, 15) is 9.90 Å². The maximum absolute atomic E-state index is 11.4. The summed E-state index contributed by atoms with van der Waals surface area (Å²) in [6.07, 6.45) is 0.648. The van der Waals surface area contributed by atoms with Gasteiger partial charge in [-0.1, -0.05) is 38.1 Å². The fourth-order valence-electron chi connectivity index (χ4n) is 3.60. The Balaban J connectivity index is 1.78. The minimum Gasteiger partial charge on any atom is -0.508 e. The molecule has 1 N–H and O–H groups in total. The highest BCUT2D eigenvalue weighted by molar-refractivity contribution is 5.89. The second-order valence-electron chi connectivity index (χ2n) is 7.63. The topological polar surface area (TPSA) is 59.0 Å². The minimum atomic E-state index is -0.0250. The van der Waals surface area contributed by atoms with Crippen molar-refractivity contribution in [3.05, 3.63) is 65.7 Å². The van der Waals surface area contributed by atoms with Crippen LogP contribution in [0.2, 0.25) is 0 Å². The van der Waals surface area contributed by atoms with E-state index in [1.54, 1.807) is 12.1 Å². The van der Waals surface area contributed by atoms with Crippen LogP contribution in [0.5, 0.6) is 17.2 Å². The van der Waals surface area contributed by atoms with E-state index >= 15 is 0 Å². The van der Waals surface area contributed by atoms with Gasteiger partial charge in [-0.15, -0.1) is 0 Å². The summed E-state index contributed by atoms with van der Waals surface area (Å²) in [7, 11) is 0. The van der Waals surface area contributed by atoms with Gasteiger partial charge in [0.15, 0.2) is 5.78 Å². The van der Waals surface area contributed by atoms with E-state index in [1.807, 2.05) is 30.3 Å². The Bertz CT molecular complexity index is 1010. The van der Waals surface area contributed by atoms with Crippen LogP contribution in [0.25, 0.3) is 10.8 Å². The summed E-state index contributed by atoms with van der Waals surface area (Å²) in [6.45, 7) is 9.48. The van der Waals surface area contributed by atoms with Crippen LogP contribution in [0.4, 0.5) is 0 Å². The van der Waals surface area contributed by atoms with E-state index in [1.165, 1.54) is 6.92 Å². The van der Waals surface area contributed by atoms with Crippen LogP contribution in [0.3, 0.4) is 0 Å². The SMILES string of the molecule is CCN(CC)CCOc1ccc(Cc2c(OCC(C)=O)ccc3cc(O)ccc23)cc1. The summed E-state index contributed by atoms with van der Waals surface area (Å²) in [5.74, 6) is 1.74. The largest absolute Gasteiger partial charge is 0.508 e. The quantitative estimate of drug-likeness (QED) is 0.481. The summed E-state index contributed by atoms with van der Waals surface area (Å²) in [6, 6.07) is 17.2. The lowest BCUT2D eigenvalue weighted by Gasteiger charge is -2.18. The zero-order valence-corrected chi connectivity index (χ0v) is 18.6. The summed E-state index contributed by atoms with van der Waals surface area (Å²) in [4.78, 5) is 13.8. The Kier molecular flexibility index (Phi) is 7.90. The molecule has 0 bridgehead atoms. The standard InChI is InChI=1S/C26H31NO4/c1-4-27(5-2)14-15-30-23-10-6-20(7-11-23)16-25-24-12-9-22(29)17-21(24)8-13-26(25)31-18-19(3)28/h6-13,17,29H,4-5,14-16,18H2,1-3H3. The number of Topliss-reactive ketones (excluding diaryl/α,β-unsaturated/α-hetero) is 1. The first-order valence-corrected chi connectivity index (χ1v) is 10.8. The highest BCUT2D eigenvalue weighted by atomic mass is 16.5. The lowest BCUT2D eigenvalue weighted by atomic mass is 9.97. The normalized spacial score (nSPS) is 11.1. The molecule has 0 aliphatic heterocycles. The van der Waals surface area contributed by atoms with E-state index in [4.69, 9.17) is 9.47 Å². The number of phenolic OH excluding ortho intramolecular Hbond substituents is 1. The van der Waals surface area contributed by atoms with E-state index in [0.29, 0.717) is 18.8 Å². The molecule has 5 heteroatoms. The third kappa shape index (κ3) is 6.22. The van der Waals surface area contributed by atoms with Gasteiger partial charge in [-0.25, -0.2) is 0 Å². The summed E-state index contributed by atoms with van der Waals surface area (Å²) >= 11 is 0. The van der Waals surface area contributed by atoms with E-state index in [0.717, 1.165) is 47.3 Å². The molecule has 0 radical (unpaired) electrons. The number of fused-ring (bicyclic) bond motifs is 1. The maximum atomic E-state index is 11.4. The Labute approximate surface area is 184 Å². The zero-order valence-electron chi connectivity index (χ0n) is 18.6. The van der Waals surface area contributed by atoms with Gasteiger partial charge >= 0.3 is 0 Å². The maximum Gasteiger partial charge on any atom is 0.167 e. The molecule has 0 aromatic heterocycles. The average Bonchev–Trinajstić information content (AvgIpc) is 2.77. The van der Waals surface area contributed by atoms with Crippen molar-refractivity contribution in [2.45, 2.75) is 27.2 Å². The second-order valence-corrected chi connectivity index (χ2v) is 7.63. The van der Waals surface area contributed by atoms with Crippen LogP contribution in [-0.4, -0.2) is 48.6 Å². The number of carbonyl (C=O) groups excluding carboxylic acids is 1. The van der Waals surface area contributed by atoms with E-state index < -0.39 is 0 Å². The van der Waals surface area contributed by atoms with Crippen LogP contribution in [0.15, 0.2) is 54.6 Å². The number of carbonyl (C=O) groups is 1. The van der Waals surface area contributed by atoms with Crippen molar-refractivity contribution in [1.82, 2.24) is 4.90 Å². The molecule has 3 rings (SSSR count). The molecule has 0 atom stereocenters. The third-order valence-electron chi connectivity index (χ3n) is 5.38. The first-order valence-electron chi connectivity index (χ1n) is 10.8. The zero-order chi connectivity index (χ0) is 22.2. The van der Waals surface area contributed by atoms with Gasteiger partial charge in [0.1, 0.15) is 30.5 Å². The Morgan fingerprint density at radius 2 is 1.71 bits per heavy atom. The van der Waals surface area contributed by atoms with Gasteiger partial charge < -0.3 is 19.5 Å². The van der Waals surface area contributed by atoms with Crippen molar-refractivity contribution in [2.24, 2.45) is 0 Å². The van der Waals surface area contributed by atoms with Crippen LogP contribution in [0, 0.1) is 0 Å². The molecule has 0 fully saturated rings. The number of likely N-dealkylation sites (N-methyl/N-ethyl adjacent to an activating group) is 1. The molecule has 164 valence electrons. The van der Waals surface area contributed by atoms with Gasteiger partial charge in [-0.2, -0.15) is 0 Å². The molecule has 0 aliphatic carbocycles. The Morgan fingerprint density at radius 1 is 0.968 bits per heavy atom. The smallest absolute Gasteiger partial charge is 0.167 e. The van der Waals surface area contributed by atoms with Crippen LogP contribution in [0.1, 0.15) is 31.9 Å². The molecular weight excluding hydrogens is 390 g/mol. The van der Waals surface area contributed by atoms with Gasteiger partial charge in [-0.3, -0.25) is 4.79 Å². The van der Waals surface area contributed by atoms with Gasteiger partial charge in [0.05, 0.1) is 0 Å². The number of ether oxygens (including phenoxy) is 2. The van der Waals surface area contributed by atoms with Gasteiger partial charge in [0.25, 0.3) is 0 Å². The van der Waals surface area contributed by atoms with Crippen molar-refractivity contribution in [2.75, 3.05) is 32.8 Å². The van der Waals surface area contributed by atoms with Gasteiger partial charge in [0.2, 0.25) is 0 Å². The number of hydrogen-bond donors (Lipinski definition) is 1. The second kappa shape index (κ2) is 10.8. The molecule has 0 spiro atoms. The molecule has 5 nitrogen and oxygen atoms in total. The number of hydrogen-bond acceptors (Lipinski definition) is 5. The monoisotopic (exact) mass is 421 g/mol. The molecule has 0 saturated heterocycles. The van der Waals surface area contributed by atoms with Gasteiger partial charge in [0, 0.05) is 18.5 Å². The minimum absolute atomic E-state index is 0.0250. The predicted molar refractivity (Wildman–Crippen MR) is 124 cm³/mol. The molecule has 31 heavy (non-hydrogen) atoms. The summed E-state index contributed by atoms with van der Waals surface area (Å²) in [5.41, 5.74) is 2.11. The Morgan fingerprint density at radius 3 is 2.39 bits per heavy atom. The summed E-state index contributed by atoms with van der Waals surface area (Å²) in [5, 5.41) is 11.8. The van der Waals surface area contributed by atoms with Crippen LogP contribution < -0.4 is 9.47 Å². The molecule has 0 heterocycles. The van der Waals surface area contributed by atoms with Crippen LogP contribution in [-0.2, 0) is 11.2 Å². The molecule has 0 unspecified atom stereocenters. The van der Waals surface area contributed by atoms with Crippen molar-refractivity contribution in [3.8, 4) is 17.2 Å². The van der Waals surface area contributed by atoms with Crippen molar-refractivity contribution < 1.29 is 19.4 Å². The fraction of sp³-hybridized carbons (Fsp3) is 0.346. The molecule has 3 aromatic rings. The predicted octanol–water partition coefficient (Wildman–Crippen LogP) is 4.82. The van der Waals surface area contributed by atoms with Gasteiger partial charge in [-0.05, 0) is 66.7 Å². The fourth-order valence-corrected chi connectivity index (χ4v) is 3.60.